The Bertz CT molecular complexity index is 721. The van der Waals surface area contributed by atoms with Crippen molar-refractivity contribution >= 4 is 18.4 Å². The molecule has 2 aromatic carbocycles. The quantitative estimate of drug-likeness (QED) is 0.834. The summed E-state index contributed by atoms with van der Waals surface area (Å²) in [5.41, 5.74) is 3.53. The monoisotopic (exact) mass is 344 g/mol. The van der Waals surface area contributed by atoms with Gasteiger partial charge in [0, 0.05) is 6.54 Å². The van der Waals surface area contributed by atoms with Crippen LogP contribution in [0.2, 0.25) is 0 Å². The molecule has 0 spiro atoms. The van der Waals surface area contributed by atoms with Crippen molar-refractivity contribution in [3.05, 3.63) is 59.7 Å². The lowest BCUT2D eigenvalue weighted by Crippen LogP contribution is -2.40. The van der Waals surface area contributed by atoms with E-state index in [4.69, 9.17) is 5.26 Å². The predicted molar refractivity (Wildman–Crippen MR) is 96.9 cm³/mol. The Kier molecular flexibility index (Phi) is 7.44. The summed E-state index contributed by atoms with van der Waals surface area (Å²) in [6.07, 6.45) is 0. The second kappa shape index (κ2) is 9.07. The van der Waals surface area contributed by atoms with Gasteiger partial charge in [0.15, 0.2) is 0 Å². The minimum atomic E-state index is -0.834. The van der Waals surface area contributed by atoms with Crippen LogP contribution in [0, 0.1) is 17.2 Å². The van der Waals surface area contributed by atoms with Gasteiger partial charge in [-0.15, -0.1) is 12.4 Å². The number of halogens is 1. The van der Waals surface area contributed by atoms with Gasteiger partial charge >= 0.3 is 5.97 Å². The molecule has 2 N–H and O–H groups in total. The van der Waals surface area contributed by atoms with Gasteiger partial charge in [0.25, 0.3) is 0 Å². The van der Waals surface area contributed by atoms with Gasteiger partial charge in [0.05, 0.1) is 11.6 Å². The summed E-state index contributed by atoms with van der Waals surface area (Å²) in [4.78, 5) is 11.2. The molecular weight excluding hydrogens is 324 g/mol. The molecule has 0 aromatic heterocycles. The number of nitrogens with zero attached hydrogens (tertiary/aromatic N) is 1. The van der Waals surface area contributed by atoms with Crippen LogP contribution in [0.3, 0.4) is 0 Å². The number of aliphatic carboxylic acids is 1. The molecule has 24 heavy (non-hydrogen) atoms. The number of hydrogen-bond acceptors (Lipinski definition) is 3. The highest BCUT2D eigenvalue weighted by Crippen LogP contribution is 2.23. The average molecular weight is 345 g/mol. The molecule has 0 aliphatic carbocycles. The van der Waals surface area contributed by atoms with E-state index < -0.39 is 12.0 Å². The lowest BCUT2D eigenvalue weighted by molar-refractivity contribution is -0.140. The van der Waals surface area contributed by atoms with Crippen LogP contribution in [-0.2, 0) is 11.3 Å². The first kappa shape index (κ1) is 19.7. The largest absolute Gasteiger partial charge is 0.480 e. The Morgan fingerprint density at radius 3 is 2.33 bits per heavy atom. The molecule has 126 valence electrons. The summed E-state index contributed by atoms with van der Waals surface area (Å²) in [5.74, 6) is -0.811. The van der Waals surface area contributed by atoms with E-state index in [0.717, 1.165) is 16.7 Å². The van der Waals surface area contributed by atoms with E-state index in [2.05, 4.69) is 11.4 Å². The first-order valence-corrected chi connectivity index (χ1v) is 7.57. The van der Waals surface area contributed by atoms with Crippen LogP contribution in [0.25, 0.3) is 11.1 Å². The Balaban J connectivity index is 0.00000288. The smallest absolute Gasteiger partial charge is 0.320 e. The van der Waals surface area contributed by atoms with Gasteiger partial charge in [-0.3, -0.25) is 4.79 Å². The highest BCUT2D eigenvalue weighted by atomic mass is 35.5. The summed E-state index contributed by atoms with van der Waals surface area (Å²) in [5, 5.41) is 21.4. The van der Waals surface area contributed by atoms with Crippen molar-refractivity contribution in [3.63, 3.8) is 0 Å². The molecule has 0 amide bonds. The number of benzene rings is 2. The number of carbonyl (C=O) groups is 1. The van der Waals surface area contributed by atoms with E-state index in [0.29, 0.717) is 12.1 Å². The molecule has 0 aliphatic heterocycles. The molecule has 0 saturated heterocycles. The fraction of sp³-hybridized carbons (Fsp3) is 0.263. The Labute approximate surface area is 148 Å². The van der Waals surface area contributed by atoms with E-state index >= 15 is 0 Å². The van der Waals surface area contributed by atoms with Crippen LogP contribution in [-0.4, -0.2) is 17.1 Å². The van der Waals surface area contributed by atoms with Gasteiger partial charge in [-0.1, -0.05) is 56.3 Å². The second-order valence-corrected chi connectivity index (χ2v) is 5.80. The Morgan fingerprint density at radius 1 is 1.17 bits per heavy atom. The minimum Gasteiger partial charge on any atom is -0.480 e. The lowest BCUT2D eigenvalue weighted by Gasteiger charge is -2.18. The highest BCUT2D eigenvalue weighted by molar-refractivity contribution is 5.85. The van der Waals surface area contributed by atoms with E-state index in [9.17, 15) is 9.90 Å². The minimum absolute atomic E-state index is 0. The molecule has 4 nitrogen and oxygen atoms in total. The molecule has 0 fully saturated rings. The molecule has 5 heteroatoms. The molecular formula is C19H21ClN2O2. The summed E-state index contributed by atoms with van der Waals surface area (Å²) in [6.45, 7) is 4.26. The molecule has 0 heterocycles. The van der Waals surface area contributed by atoms with Crippen molar-refractivity contribution in [1.29, 1.82) is 5.26 Å². The number of hydrogen-bond donors (Lipinski definition) is 2. The molecule has 0 aliphatic rings. The van der Waals surface area contributed by atoms with Crippen LogP contribution in [0.4, 0.5) is 0 Å². The zero-order valence-electron chi connectivity index (χ0n) is 13.7. The highest BCUT2D eigenvalue weighted by Gasteiger charge is 2.20. The van der Waals surface area contributed by atoms with Crippen LogP contribution in [0.1, 0.15) is 25.0 Å². The maximum atomic E-state index is 11.2. The fourth-order valence-corrected chi connectivity index (χ4v) is 2.47. The number of nitrogens with one attached hydrogen (secondary N) is 1. The summed E-state index contributed by atoms with van der Waals surface area (Å²) in [7, 11) is 0. The summed E-state index contributed by atoms with van der Waals surface area (Å²) < 4.78 is 0. The first-order valence-electron chi connectivity index (χ1n) is 7.57. The van der Waals surface area contributed by atoms with Gasteiger partial charge in [0.1, 0.15) is 6.04 Å². The molecule has 2 rings (SSSR count). The van der Waals surface area contributed by atoms with Gasteiger partial charge < -0.3 is 10.4 Å². The third-order valence-corrected chi connectivity index (χ3v) is 3.77. The van der Waals surface area contributed by atoms with E-state index in [-0.39, 0.29) is 18.3 Å². The molecule has 1 atom stereocenters. The van der Waals surface area contributed by atoms with Crippen LogP contribution >= 0.6 is 12.4 Å². The summed E-state index contributed by atoms with van der Waals surface area (Å²) >= 11 is 0. The van der Waals surface area contributed by atoms with Crippen molar-refractivity contribution < 1.29 is 9.90 Å². The number of nitriles is 1. The fourth-order valence-electron chi connectivity index (χ4n) is 2.47. The van der Waals surface area contributed by atoms with E-state index in [1.54, 1.807) is 6.07 Å². The SMILES string of the molecule is CC(C)C(NCc1ccc(-c2ccccc2C#N)cc1)C(=O)O.Cl. The van der Waals surface area contributed by atoms with Gasteiger partial charge in [-0.05, 0) is 28.7 Å². The van der Waals surface area contributed by atoms with Crippen molar-refractivity contribution in [2.75, 3.05) is 0 Å². The normalized spacial score (nSPS) is 11.4. The zero-order chi connectivity index (χ0) is 16.8. The predicted octanol–water partition coefficient (Wildman–Crippen LogP) is 3.85. The maximum Gasteiger partial charge on any atom is 0.320 e. The number of carboxylic acid groups (broad SMARTS) is 1. The van der Waals surface area contributed by atoms with Crippen LogP contribution in [0.5, 0.6) is 0 Å². The maximum absolute atomic E-state index is 11.2. The average Bonchev–Trinajstić information content (AvgIpc) is 2.55. The Morgan fingerprint density at radius 2 is 1.79 bits per heavy atom. The Hall–Kier alpha value is -2.35. The molecule has 1 unspecified atom stereocenters. The molecule has 0 radical (unpaired) electrons. The van der Waals surface area contributed by atoms with Crippen LogP contribution < -0.4 is 5.32 Å². The summed E-state index contributed by atoms with van der Waals surface area (Å²) in [6, 6.07) is 16.9. The molecule has 0 saturated carbocycles. The van der Waals surface area contributed by atoms with Crippen molar-refractivity contribution in [2.24, 2.45) is 5.92 Å². The van der Waals surface area contributed by atoms with E-state index in [1.165, 1.54) is 0 Å². The van der Waals surface area contributed by atoms with E-state index in [1.807, 2.05) is 56.3 Å². The first-order chi connectivity index (χ1) is 11.0. The standard InChI is InChI=1S/C19H20N2O2.ClH/c1-13(2)18(19(22)23)21-12-14-7-9-15(10-8-14)17-6-4-3-5-16(17)11-20;/h3-10,13,18,21H,12H2,1-2H3,(H,22,23);1H. The second-order valence-electron chi connectivity index (χ2n) is 5.80. The van der Waals surface area contributed by atoms with Crippen molar-refractivity contribution in [3.8, 4) is 17.2 Å². The number of carboxylic acids is 1. The van der Waals surface area contributed by atoms with Gasteiger partial charge in [-0.2, -0.15) is 5.26 Å². The number of rotatable bonds is 6. The van der Waals surface area contributed by atoms with Crippen LogP contribution in [0.15, 0.2) is 48.5 Å². The lowest BCUT2D eigenvalue weighted by atomic mass is 9.99. The van der Waals surface area contributed by atoms with Gasteiger partial charge in [0.2, 0.25) is 0 Å². The topological polar surface area (TPSA) is 73.1 Å². The van der Waals surface area contributed by atoms with Crippen molar-refractivity contribution in [1.82, 2.24) is 5.32 Å². The third-order valence-electron chi connectivity index (χ3n) is 3.77. The third kappa shape index (κ3) is 4.82. The van der Waals surface area contributed by atoms with Gasteiger partial charge in [-0.25, -0.2) is 0 Å². The zero-order valence-corrected chi connectivity index (χ0v) is 14.5. The molecule has 0 bridgehead atoms. The molecule has 2 aromatic rings. The van der Waals surface area contributed by atoms with Crippen molar-refractivity contribution in [2.45, 2.75) is 26.4 Å².